The van der Waals surface area contributed by atoms with Crippen LogP contribution in [-0.4, -0.2) is 17.2 Å². The first-order valence-corrected chi connectivity index (χ1v) is 4.46. The van der Waals surface area contributed by atoms with Gasteiger partial charge in [-0.2, -0.15) is 0 Å². The van der Waals surface area contributed by atoms with E-state index >= 15 is 0 Å². The molecule has 0 saturated heterocycles. The fourth-order valence-corrected chi connectivity index (χ4v) is 1.54. The zero-order valence-corrected chi connectivity index (χ0v) is 6.04. The number of hydrogen-bond acceptors (Lipinski definition) is 3. The van der Waals surface area contributed by atoms with Crippen molar-refractivity contribution in [2.45, 2.75) is 0 Å². The van der Waals surface area contributed by atoms with Crippen LogP contribution in [0.1, 0.15) is 0 Å². The van der Waals surface area contributed by atoms with E-state index in [4.69, 9.17) is 0 Å². The monoisotopic (exact) mass is 145 g/mol. The Hall–Kier alpha value is 0.110. The van der Waals surface area contributed by atoms with Gasteiger partial charge in [0.05, 0.1) is 11.4 Å². The maximum Gasteiger partial charge on any atom is 0.0890 e. The molecule has 0 spiro atoms. The van der Waals surface area contributed by atoms with Gasteiger partial charge in [-0.1, -0.05) is 6.08 Å². The normalized spacial score (nSPS) is 28.0. The highest BCUT2D eigenvalue weighted by Gasteiger charge is 1.82. The summed E-state index contributed by atoms with van der Waals surface area (Å²) in [5.41, 5.74) is 1.91. The van der Waals surface area contributed by atoms with Crippen LogP contribution in [0.25, 0.3) is 0 Å². The Labute approximate surface area is 57.6 Å². The summed E-state index contributed by atoms with van der Waals surface area (Å²) in [7, 11) is 0. The first-order valence-electron chi connectivity index (χ1n) is 2.36. The Morgan fingerprint density at radius 1 is 1.38 bits per heavy atom. The fraction of sp³-hybridized carbons (Fsp3) is 0.400. The molecule has 1 aliphatic heterocycles. The van der Waals surface area contributed by atoms with Gasteiger partial charge in [-0.3, -0.25) is 4.99 Å². The molecule has 0 N–H and O–H groups in total. The van der Waals surface area contributed by atoms with Crippen LogP contribution in [0.2, 0.25) is 0 Å². The molecular weight excluding hydrogens is 138 g/mol. The highest BCUT2D eigenvalue weighted by Crippen LogP contribution is 2.07. The molecule has 1 rings (SSSR count). The molecule has 1 aliphatic rings. The largest absolute Gasteiger partial charge is 0.275 e. The maximum atomic E-state index is 4.08. The quantitative estimate of drug-likeness (QED) is 0.516. The van der Waals surface area contributed by atoms with Crippen LogP contribution in [-0.2, 0) is 0 Å². The van der Waals surface area contributed by atoms with Crippen LogP contribution in [0.4, 0.5) is 0 Å². The van der Waals surface area contributed by atoms with Crippen LogP contribution in [0.5, 0.6) is 0 Å². The minimum atomic E-state index is 0.878. The van der Waals surface area contributed by atoms with E-state index in [1.165, 1.54) is 0 Å². The van der Waals surface area contributed by atoms with E-state index in [9.17, 15) is 0 Å². The SMILES string of the molecule is C1=C\SC/N=C\SC/1. The van der Waals surface area contributed by atoms with Crippen LogP contribution in [0.3, 0.4) is 0 Å². The highest BCUT2D eigenvalue weighted by molar-refractivity contribution is 8.12. The number of aliphatic imine (C=N–C) groups is 1. The van der Waals surface area contributed by atoms with E-state index in [0.29, 0.717) is 0 Å². The van der Waals surface area contributed by atoms with Crippen molar-refractivity contribution in [1.29, 1.82) is 0 Å². The predicted molar refractivity (Wildman–Crippen MR) is 42.5 cm³/mol. The van der Waals surface area contributed by atoms with Crippen molar-refractivity contribution in [3.05, 3.63) is 11.5 Å². The molecule has 1 heterocycles. The van der Waals surface area contributed by atoms with Crippen LogP contribution >= 0.6 is 23.5 Å². The van der Waals surface area contributed by atoms with E-state index in [2.05, 4.69) is 16.5 Å². The van der Waals surface area contributed by atoms with E-state index in [0.717, 1.165) is 11.6 Å². The lowest BCUT2D eigenvalue weighted by Crippen LogP contribution is -1.76. The second-order valence-electron chi connectivity index (χ2n) is 1.29. The van der Waals surface area contributed by atoms with Gasteiger partial charge in [-0.05, 0) is 5.41 Å². The Bertz CT molecular complexity index is 83.0. The predicted octanol–water partition coefficient (Wildman–Crippen LogP) is 1.97. The molecule has 0 aliphatic carbocycles. The molecule has 0 aromatic carbocycles. The van der Waals surface area contributed by atoms with E-state index < -0.39 is 0 Å². The maximum absolute atomic E-state index is 4.08. The van der Waals surface area contributed by atoms with Crippen molar-refractivity contribution in [1.82, 2.24) is 0 Å². The summed E-state index contributed by atoms with van der Waals surface area (Å²) in [5, 5.41) is 2.10. The summed E-state index contributed by atoms with van der Waals surface area (Å²) in [6.07, 6.45) is 2.15. The molecule has 1 nitrogen and oxygen atoms in total. The van der Waals surface area contributed by atoms with Gasteiger partial charge >= 0.3 is 0 Å². The molecule has 0 saturated carbocycles. The molecule has 8 heavy (non-hydrogen) atoms. The number of thioether (sulfide) groups is 2. The number of rotatable bonds is 0. The molecule has 0 aromatic heterocycles. The third kappa shape index (κ3) is 2.43. The smallest absolute Gasteiger partial charge is 0.0890 e. The molecule has 0 radical (unpaired) electrons. The van der Waals surface area contributed by atoms with Crippen molar-refractivity contribution < 1.29 is 0 Å². The van der Waals surface area contributed by atoms with Crippen LogP contribution < -0.4 is 0 Å². The Morgan fingerprint density at radius 2 is 2.38 bits per heavy atom. The average Bonchev–Trinajstić information content (AvgIpc) is 1.62. The number of hydrogen-bond donors (Lipinski definition) is 0. The summed E-state index contributed by atoms with van der Waals surface area (Å²) in [6, 6.07) is 0. The zero-order chi connectivity index (χ0) is 5.66. The van der Waals surface area contributed by atoms with Gasteiger partial charge in [0.1, 0.15) is 0 Å². The Morgan fingerprint density at radius 3 is 3.38 bits per heavy atom. The third-order valence-electron chi connectivity index (χ3n) is 0.683. The molecule has 0 amide bonds. The number of nitrogens with zero attached hydrogens (tertiary/aromatic N) is 1. The summed E-state index contributed by atoms with van der Waals surface area (Å²) in [4.78, 5) is 4.08. The van der Waals surface area contributed by atoms with E-state index in [1.54, 1.807) is 23.5 Å². The molecule has 0 bridgehead atoms. The first kappa shape index (κ1) is 6.23. The second-order valence-corrected chi connectivity index (χ2v) is 3.03. The minimum Gasteiger partial charge on any atom is -0.275 e. The minimum absolute atomic E-state index is 0.878. The van der Waals surface area contributed by atoms with Gasteiger partial charge in [0.25, 0.3) is 0 Å². The highest BCUT2D eigenvalue weighted by atomic mass is 32.2. The molecule has 0 atom stereocenters. The second kappa shape index (κ2) is 4.04. The fourth-order valence-electron chi connectivity index (χ4n) is 0.375. The van der Waals surface area contributed by atoms with Gasteiger partial charge in [-0.15, -0.1) is 23.5 Å². The summed E-state index contributed by atoms with van der Waals surface area (Å²) in [5.74, 6) is 1.94. The standard InChI is InChI=1S/C5H7NS2/c1-2-7-4-6-5-8-3-1/h1-2,5H,3-4H2/b2-1-,6-5-. The summed E-state index contributed by atoms with van der Waals surface area (Å²) < 4.78 is 0. The van der Waals surface area contributed by atoms with Crippen molar-refractivity contribution in [2.75, 3.05) is 11.6 Å². The summed E-state index contributed by atoms with van der Waals surface area (Å²) >= 11 is 3.47. The van der Waals surface area contributed by atoms with Gasteiger partial charge in [0, 0.05) is 5.75 Å². The molecule has 0 unspecified atom stereocenters. The molecule has 3 heteroatoms. The molecule has 0 aromatic rings. The third-order valence-corrected chi connectivity index (χ3v) is 2.05. The average molecular weight is 145 g/mol. The topological polar surface area (TPSA) is 12.4 Å². The van der Waals surface area contributed by atoms with Gasteiger partial charge in [0.15, 0.2) is 0 Å². The van der Waals surface area contributed by atoms with Gasteiger partial charge in [-0.25, -0.2) is 0 Å². The van der Waals surface area contributed by atoms with E-state index in [1.807, 2.05) is 5.55 Å². The van der Waals surface area contributed by atoms with Crippen molar-refractivity contribution in [2.24, 2.45) is 4.99 Å². The summed E-state index contributed by atoms with van der Waals surface area (Å²) in [6.45, 7) is 0. The Kier molecular flexibility index (Phi) is 3.14. The molecule has 44 valence electrons. The van der Waals surface area contributed by atoms with Crippen molar-refractivity contribution >= 4 is 29.1 Å². The zero-order valence-electron chi connectivity index (χ0n) is 4.41. The lowest BCUT2D eigenvalue weighted by atomic mass is 10.8. The van der Waals surface area contributed by atoms with Crippen LogP contribution in [0.15, 0.2) is 16.5 Å². The van der Waals surface area contributed by atoms with Crippen molar-refractivity contribution in [3.8, 4) is 0 Å². The van der Waals surface area contributed by atoms with Gasteiger partial charge in [0.2, 0.25) is 0 Å². The van der Waals surface area contributed by atoms with Crippen LogP contribution in [0, 0.1) is 0 Å². The first-order chi connectivity index (χ1) is 4.00. The Balaban J connectivity index is 2.29. The lowest BCUT2D eigenvalue weighted by molar-refractivity contribution is 1.42. The molecular formula is C5H7NS2. The van der Waals surface area contributed by atoms with E-state index in [-0.39, 0.29) is 0 Å². The lowest BCUT2D eigenvalue weighted by Gasteiger charge is -1.92. The molecule has 0 fully saturated rings. The van der Waals surface area contributed by atoms with Crippen molar-refractivity contribution in [3.63, 3.8) is 0 Å². The van der Waals surface area contributed by atoms with Gasteiger partial charge < -0.3 is 0 Å².